The molecule has 1 atom stereocenters. The van der Waals surface area contributed by atoms with Gasteiger partial charge in [-0.1, -0.05) is 36.4 Å². The predicted molar refractivity (Wildman–Crippen MR) is 103 cm³/mol. The minimum atomic E-state index is -0.871. The molecule has 0 spiro atoms. The number of esters is 1. The lowest BCUT2D eigenvalue weighted by atomic mass is 10.2. The van der Waals surface area contributed by atoms with E-state index in [1.54, 1.807) is 25.2 Å². The number of hydrogen-bond donors (Lipinski definition) is 1. The van der Waals surface area contributed by atoms with Crippen LogP contribution in [0.1, 0.15) is 27.2 Å². The lowest BCUT2D eigenvalue weighted by Crippen LogP contribution is -2.35. The molecule has 3 rings (SSSR count). The highest BCUT2D eigenvalue weighted by Crippen LogP contribution is 2.28. The van der Waals surface area contributed by atoms with E-state index in [0.29, 0.717) is 17.1 Å². The normalized spacial score (nSPS) is 11.8. The molecule has 5 nitrogen and oxygen atoms in total. The Morgan fingerprint density at radius 1 is 1.19 bits per heavy atom. The Hall–Kier alpha value is -2.51. The van der Waals surface area contributed by atoms with Crippen molar-refractivity contribution in [1.82, 2.24) is 10.3 Å². The summed E-state index contributed by atoms with van der Waals surface area (Å²) in [6, 6.07) is 13.5. The van der Waals surface area contributed by atoms with Crippen LogP contribution in [0, 0.1) is 6.92 Å². The average Bonchev–Trinajstić information content (AvgIpc) is 3.29. The van der Waals surface area contributed by atoms with E-state index in [1.807, 2.05) is 47.8 Å². The third-order valence-electron chi connectivity index (χ3n) is 3.67. The summed E-state index contributed by atoms with van der Waals surface area (Å²) in [5, 5.41) is 5.47. The zero-order valence-electron chi connectivity index (χ0n) is 14.4. The van der Waals surface area contributed by atoms with E-state index in [9.17, 15) is 9.59 Å². The molecule has 0 aliphatic carbocycles. The van der Waals surface area contributed by atoms with Crippen LogP contribution in [0.15, 0.2) is 47.8 Å². The van der Waals surface area contributed by atoms with Crippen molar-refractivity contribution in [3.63, 3.8) is 0 Å². The maximum absolute atomic E-state index is 12.4. The summed E-state index contributed by atoms with van der Waals surface area (Å²) in [6.07, 6.45) is -0.871. The number of ether oxygens (including phenoxy) is 1. The van der Waals surface area contributed by atoms with Gasteiger partial charge in [0.2, 0.25) is 0 Å². The monoisotopic (exact) mass is 386 g/mol. The largest absolute Gasteiger partial charge is 0.448 e. The van der Waals surface area contributed by atoms with Crippen molar-refractivity contribution in [3.05, 3.63) is 63.3 Å². The molecule has 2 aromatic heterocycles. The van der Waals surface area contributed by atoms with Crippen LogP contribution in [0.3, 0.4) is 0 Å². The molecule has 0 aliphatic heterocycles. The smallest absolute Gasteiger partial charge is 0.351 e. The zero-order chi connectivity index (χ0) is 18.5. The van der Waals surface area contributed by atoms with Crippen LogP contribution in [0.5, 0.6) is 0 Å². The van der Waals surface area contributed by atoms with E-state index in [1.165, 1.54) is 11.3 Å². The maximum atomic E-state index is 12.4. The molecule has 134 valence electrons. The first-order valence-electron chi connectivity index (χ1n) is 8.08. The fraction of sp³-hybridized carbons (Fsp3) is 0.211. The lowest BCUT2D eigenvalue weighted by molar-refractivity contribution is -0.129. The number of aryl methyl sites for hydroxylation is 1. The number of thiophene rings is 1. The third kappa shape index (κ3) is 4.36. The molecule has 26 heavy (non-hydrogen) atoms. The number of aromatic nitrogens is 1. The maximum Gasteiger partial charge on any atom is 0.351 e. The summed E-state index contributed by atoms with van der Waals surface area (Å²) in [5.41, 5.74) is 1.55. The molecule has 3 aromatic rings. The molecular weight excluding hydrogens is 368 g/mol. The fourth-order valence-electron chi connectivity index (χ4n) is 2.29. The highest BCUT2D eigenvalue weighted by atomic mass is 32.1. The summed E-state index contributed by atoms with van der Waals surface area (Å²) < 4.78 is 5.32. The molecule has 1 N–H and O–H groups in total. The van der Waals surface area contributed by atoms with Crippen LogP contribution < -0.4 is 5.32 Å². The second-order valence-corrected chi connectivity index (χ2v) is 7.68. The van der Waals surface area contributed by atoms with Gasteiger partial charge in [0, 0.05) is 10.4 Å². The van der Waals surface area contributed by atoms with Crippen LogP contribution in [0.4, 0.5) is 0 Å². The number of carbonyl (C=O) groups excluding carboxylic acids is 2. The summed E-state index contributed by atoms with van der Waals surface area (Å²) in [4.78, 5) is 30.5. The van der Waals surface area contributed by atoms with Crippen molar-refractivity contribution in [1.29, 1.82) is 0 Å². The molecule has 1 aromatic carbocycles. The van der Waals surface area contributed by atoms with Crippen molar-refractivity contribution >= 4 is 34.6 Å². The highest BCUT2D eigenvalue weighted by molar-refractivity contribution is 7.17. The van der Waals surface area contributed by atoms with Gasteiger partial charge in [-0.3, -0.25) is 4.79 Å². The van der Waals surface area contributed by atoms with Gasteiger partial charge in [-0.05, 0) is 25.3 Å². The van der Waals surface area contributed by atoms with Crippen LogP contribution in [-0.2, 0) is 16.1 Å². The standard InChI is InChI=1S/C19H18N2O3S2/c1-12-16(26-18(21-12)14-7-4-3-5-8-14)19(23)24-13(2)17(22)20-11-15-9-6-10-25-15/h3-10,13H,11H2,1-2H3,(H,20,22)/t13-/m0/s1. The van der Waals surface area contributed by atoms with Gasteiger partial charge in [0.15, 0.2) is 6.10 Å². The fourth-order valence-corrected chi connectivity index (χ4v) is 3.89. The summed E-state index contributed by atoms with van der Waals surface area (Å²) in [7, 11) is 0. The van der Waals surface area contributed by atoms with Gasteiger partial charge < -0.3 is 10.1 Å². The van der Waals surface area contributed by atoms with Gasteiger partial charge in [-0.2, -0.15) is 0 Å². The third-order valence-corrected chi connectivity index (χ3v) is 5.74. The number of carbonyl (C=O) groups is 2. The quantitative estimate of drug-likeness (QED) is 0.649. The Morgan fingerprint density at radius 3 is 2.65 bits per heavy atom. The van der Waals surface area contributed by atoms with Crippen molar-refractivity contribution in [3.8, 4) is 10.6 Å². The molecule has 0 fully saturated rings. The van der Waals surface area contributed by atoms with Crippen LogP contribution >= 0.6 is 22.7 Å². The highest BCUT2D eigenvalue weighted by Gasteiger charge is 2.23. The zero-order valence-corrected chi connectivity index (χ0v) is 16.0. The van der Waals surface area contributed by atoms with Gasteiger partial charge >= 0.3 is 5.97 Å². The Labute approximate surface area is 159 Å². The first kappa shape index (κ1) is 18.3. The molecule has 2 heterocycles. The Bertz CT molecular complexity index is 889. The van der Waals surface area contributed by atoms with E-state index in [4.69, 9.17) is 4.74 Å². The first-order valence-corrected chi connectivity index (χ1v) is 9.78. The summed E-state index contributed by atoms with van der Waals surface area (Å²) >= 11 is 2.83. The van der Waals surface area contributed by atoms with Crippen molar-refractivity contribution in [2.75, 3.05) is 0 Å². The SMILES string of the molecule is Cc1nc(-c2ccccc2)sc1C(=O)O[C@@H](C)C(=O)NCc1cccs1. The van der Waals surface area contributed by atoms with Crippen LogP contribution in [0.2, 0.25) is 0 Å². The number of thiazole rings is 1. The molecule has 1 amide bonds. The second kappa shape index (κ2) is 8.25. The number of nitrogens with zero attached hydrogens (tertiary/aromatic N) is 1. The number of hydrogen-bond acceptors (Lipinski definition) is 6. The molecule has 7 heteroatoms. The predicted octanol–water partition coefficient (Wildman–Crippen LogP) is 4.04. The minimum absolute atomic E-state index is 0.322. The van der Waals surface area contributed by atoms with Gasteiger partial charge in [0.05, 0.1) is 12.2 Å². The second-order valence-electron chi connectivity index (χ2n) is 5.64. The Balaban J connectivity index is 1.62. The van der Waals surface area contributed by atoms with Crippen molar-refractivity contribution in [2.24, 2.45) is 0 Å². The summed E-state index contributed by atoms with van der Waals surface area (Å²) in [5.74, 6) is -0.849. The van der Waals surface area contributed by atoms with Crippen LogP contribution in [0.25, 0.3) is 10.6 Å². The number of amides is 1. The Morgan fingerprint density at radius 2 is 1.96 bits per heavy atom. The lowest BCUT2D eigenvalue weighted by Gasteiger charge is -2.12. The molecule has 0 aliphatic rings. The van der Waals surface area contributed by atoms with E-state index >= 15 is 0 Å². The molecule has 0 bridgehead atoms. The number of nitrogens with one attached hydrogen (secondary N) is 1. The average molecular weight is 386 g/mol. The molecule has 0 saturated heterocycles. The molecule has 0 saturated carbocycles. The van der Waals surface area contributed by atoms with E-state index in [2.05, 4.69) is 10.3 Å². The topological polar surface area (TPSA) is 68.3 Å². The summed E-state index contributed by atoms with van der Waals surface area (Å²) in [6.45, 7) is 3.76. The molecule has 0 unspecified atom stereocenters. The van der Waals surface area contributed by atoms with E-state index in [0.717, 1.165) is 15.4 Å². The molecular formula is C19H18N2O3S2. The van der Waals surface area contributed by atoms with E-state index < -0.39 is 12.1 Å². The van der Waals surface area contributed by atoms with Gasteiger partial charge in [0.25, 0.3) is 5.91 Å². The number of rotatable bonds is 6. The van der Waals surface area contributed by atoms with Crippen molar-refractivity contribution in [2.45, 2.75) is 26.5 Å². The minimum Gasteiger partial charge on any atom is -0.448 e. The van der Waals surface area contributed by atoms with Crippen molar-refractivity contribution < 1.29 is 14.3 Å². The van der Waals surface area contributed by atoms with Crippen LogP contribution in [-0.4, -0.2) is 23.0 Å². The van der Waals surface area contributed by atoms with Gasteiger partial charge in [-0.15, -0.1) is 22.7 Å². The van der Waals surface area contributed by atoms with Gasteiger partial charge in [-0.25, -0.2) is 9.78 Å². The first-order chi connectivity index (χ1) is 12.5. The van der Waals surface area contributed by atoms with E-state index in [-0.39, 0.29) is 5.91 Å². The molecule has 0 radical (unpaired) electrons. The number of benzene rings is 1. The van der Waals surface area contributed by atoms with Gasteiger partial charge in [0.1, 0.15) is 9.88 Å². The Kier molecular flexibility index (Phi) is 5.80.